The number of benzene rings is 1. The van der Waals surface area contributed by atoms with Crippen LogP contribution in [-0.2, 0) is 9.47 Å². The molecule has 0 amide bonds. The van der Waals surface area contributed by atoms with Gasteiger partial charge in [-0.3, -0.25) is 0 Å². The molecule has 0 radical (unpaired) electrons. The van der Waals surface area contributed by atoms with Crippen LogP contribution in [0.2, 0.25) is 0 Å². The highest BCUT2D eigenvalue weighted by atomic mass is 16.7. The SMILES string of the molecule is CC1(C)OCC(c2ccccc2/C=C/CN)O1. The van der Waals surface area contributed by atoms with Gasteiger partial charge >= 0.3 is 0 Å². The van der Waals surface area contributed by atoms with E-state index in [1.165, 1.54) is 0 Å². The summed E-state index contributed by atoms with van der Waals surface area (Å²) in [4.78, 5) is 0. The molecule has 3 nitrogen and oxygen atoms in total. The largest absolute Gasteiger partial charge is 0.347 e. The molecule has 1 aliphatic rings. The van der Waals surface area contributed by atoms with Crippen LogP contribution < -0.4 is 5.73 Å². The second kappa shape index (κ2) is 5.00. The second-order valence-electron chi connectivity index (χ2n) is 4.58. The smallest absolute Gasteiger partial charge is 0.163 e. The van der Waals surface area contributed by atoms with Crippen LogP contribution in [-0.4, -0.2) is 18.9 Å². The van der Waals surface area contributed by atoms with E-state index in [0.29, 0.717) is 13.2 Å². The third kappa shape index (κ3) is 2.94. The van der Waals surface area contributed by atoms with Gasteiger partial charge in [0, 0.05) is 6.54 Å². The van der Waals surface area contributed by atoms with Crippen molar-refractivity contribution in [2.75, 3.05) is 13.2 Å². The summed E-state index contributed by atoms with van der Waals surface area (Å²) in [5, 5.41) is 0. The molecule has 3 heteroatoms. The Morgan fingerprint density at radius 3 is 2.82 bits per heavy atom. The molecule has 1 saturated heterocycles. The highest BCUT2D eigenvalue weighted by Crippen LogP contribution is 2.34. The maximum absolute atomic E-state index is 5.87. The fourth-order valence-corrected chi connectivity index (χ4v) is 1.99. The van der Waals surface area contributed by atoms with Crippen LogP contribution in [0, 0.1) is 0 Å². The van der Waals surface area contributed by atoms with Gasteiger partial charge in [0.15, 0.2) is 5.79 Å². The number of nitrogens with two attached hydrogens (primary N) is 1. The summed E-state index contributed by atoms with van der Waals surface area (Å²) in [6.45, 7) is 5.01. The average Bonchev–Trinajstić information content (AvgIpc) is 2.67. The van der Waals surface area contributed by atoms with Crippen molar-refractivity contribution < 1.29 is 9.47 Å². The minimum Gasteiger partial charge on any atom is -0.347 e. The van der Waals surface area contributed by atoms with Crippen LogP contribution in [0.4, 0.5) is 0 Å². The van der Waals surface area contributed by atoms with Gasteiger partial charge in [0.25, 0.3) is 0 Å². The molecule has 0 saturated carbocycles. The third-order valence-corrected chi connectivity index (χ3v) is 2.78. The van der Waals surface area contributed by atoms with Gasteiger partial charge in [0.2, 0.25) is 0 Å². The van der Waals surface area contributed by atoms with Gasteiger partial charge < -0.3 is 15.2 Å². The van der Waals surface area contributed by atoms with Crippen molar-refractivity contribution in [2.24, 2.45) is 5.73 Å². The zero-order valence-corrected chi connectivity index (χ0v) is 10.3. The van der Waals surface area contributed by atoms with Crippen LogP contribution in [0.1, 0.15) is 31.1 Å². The Bertz CT molecular complexity index is 412. The van der Waals surface area contributed by atoms with E-state index in [1.54, 1.807) is 0 Å². The summed E-state index contributed by atoms with van der Waals surface area (Å²) in [6.07, 6.45) is 3.98. The highest BCUT2D eigenvalue weighted by Gasteiger charge is 2.34. The molecule has 1 fully saturated rings. The Morgan fingerprint density at radius 2 is 2.18 bits per heavy atom. The Labute approximate surface area is 102 Å². The molecule has 1 aromatic carbocycles. The summed E-state index contributed by atoms with van der Waals surface area (Å²) in [6, 6.07) is 8.17. The summed E-state index contributed by atoms with van der Waals surface area (Å²) in [7, 11) is 0. The van der Waals surface area contributed by atoms with Crippen LogP contribution in [0.15, 0.2) is 30.3 Å². The molecule has 2 N–H and O–H groups in total. The molecule has 1 heterocycles. The average molecular weight is 233 g/mol. The standard InChI is InChI=1S/C14H19NO2/c1-14(2)16-10-13(17-14)12-8-4-3-6-11(12)7-5-9-15/h3-8,13H,9-10,15H2,1-2H3/b7-5+. The maximum Gasteiger partial charge on any atom is 0.163 e. The summed E-state index contributed by atoms with van der Waals surface area (Å²) in [5.74, 6) is -0.491. The lowest BCUT2D eigenvalue weighted by Gasteiger charge is -2.18. The van der Waals surface area contributed by atoms with Crippen molar-refractivity contribution in [1.82, 2.24) is 0 Å². The van der Waals surface area contributed by atoms with Crippen molar-refractivity contribution in [3.8, 4) is 0 Å². The topological polar surface area (TPSA) is 44.5 Å². The van der Waals surface area contributed by atoms with Gasteiger partial charge in [0.05, 0.1) is 6.61 Å². The fourth-order valence-electron chi connectivity index (χ4n) is 1.99. The van der Waals surface area contributed by atoms with E-state index in [2.05, 4.69) is 12.1 Å². The monoisotopic (exact) mass is 233 g/mol. The first-order valence-corrected chi connectivity index (χ1v) is 5.90. The second-order valence-corrected chi connectivity index (χ2v) is 4.58. The van der Waals surface area contributed by atoms with E-state index in [4.69, 9.17) is 15.2 Å². The van der Waals surface area contributed by atoms with Crippen molar-refractivity contribution in [3.63, 3.8) is 0 Å². The van der Waals surface area contributed by atoms with Crippen molar-refractivity contribution in [1.29, 1.82) is 0 Å². The first-order chi connectivity index (χ1) is 8.12. The number of rotatable bonds is 3. The van der Waals surface area contributed by atoms with Crippen molar-refractivity contribution >= 4 is 6.08 Å². The third-order valence-electron chi connectivity index (χ3n) is 2.78. The molecule has 1 atom stereocenters. The van der Waals surface area contributed by atoms with Crippen LogP contribution in [0.5, 0.6) is 0 Å². The first kappa shape index (κ1) is 12.3. The van der Waals surface area contributed by atoms with E-state index in [9.17, 15) is 0 Å². The quantitative estimate of drug-likeness (QED) is 0.872. The molecule has 0 aliphatic carbocycles. The Kier molecular flexibility index (Phi) is 3.62. The highest BCUT2D eigenvalue weighted by molar-refractivity contribution is 5.54. The molecule has 1 aromatic rings. The molecule has 1 unspecified atom stereocenters. The van der Waals surface area contributed by atoms with Gasteiger partial charge in [-0.25, -0.2) is 0 Å². The Morgan fingerprint density at radius 1 is 1.41 bits per heavy atom. The van der Waals surface area contributed by atoms with E-state index in [1.807, 2.05) is 38.1 Å². The minimum absolute atomic E-state index is 0.00336. The van der Waals surface area contributed by atoms with Crippen molar-refractivity contribution in [3.05, 3.63) is 41.5 Å². The van der Waals surface area contributed by atoms with Crippen LogP contribution in [0.25, 0.3) is 6.08 Å². The summed E-state index contributed by atoms with van der Waals surface area (Å²) >= 11 is 0. The molecule has 17 heavy (non-hydrogen) atoms. The van der Waals surface area contributed by atoms with Gasteiger partial charge in [-0.1, -0.05) is 36.4 Å². The lowest BCUT2D eigenvalue weighted by molar-refractivity contribution is -0.139. The van der Waals surface area contributed by atoms with Crippen molar-refractivity contribution in [2.45, 2.75) is 25.7 Å². The Hall–Kier alpha value is -1.16. The molecular weight excluding hydrogens is 214 g/mol. The van der Waals surface area contributed by atoms with Gasteiger partial charge in [-0.05, 0) is 25.0 Å². The minimum atomic E-state index is -0.491. The molecule has 2 rings (SSSR count). The fraction of sp³-hybridized carbons (Fsp3) is 0.429. The Balaban J connectivity index is 2.24. The molecule has 1 aliphatic heterocycles. The number of hydrogen-bond donors (Lipinski definition) is 1. The van der Waals surface area contributed by atoms with E-state index in [-0.39, 0.29) is 6.10 Å². The van der Waals surface area contributed by atoms with E-state index in [0.717, 1.165) is 11.1 Å². The summed E-state index contributed by atoms with van der Waals surface area (Å²) in [5.41, 5.74) is 7.78. The van der Waals surface area contributed by atoms with Crippen LogP contribution in [0.3, 0.4) is 0 Å². The zero-order valence-electron chi connectivity index (χ0n) is 10.3. The van der Waals surface area contributed by atoms with E-state index < -0.39 is 5.79 Å². The molecule has 0 spiro atoms. The zero-order chi connectivity index (χ0) is 12.3. The van der Waals surface area contributed by atoms with E-state index >= 15 is 0 Å². The van der Waals surface area contributed by atoms with Gasteiger partial charge in [-0.15, -0.1) is 0 Å². The maximum atomic E-state index is 5.87. The lowest BCUT2D eigenvalue weighted by atomic mass is 10.0. The predicted molar refractivity (Wildman–Crippen MR) is 68.4 cm³/mol. The molecule has 0 aromatic heterocycles. The first-order valence-electron chi connectivity index (χ1n) is 5.90. The van der Waals surface area contributed by atoms with Gasteiger partial charge in [-0.2, -0.15) is 0 Å². The molecular formula is C14H19NO2. The van der Waals surface area contributed by atoms with Gasteiger partial charge in [0.1, 0.15) is 6.10 Å². The van der Waals surface area contributed by atoms with Crippen LogP contribution >= 0.6 is 0 Å². The number of hydrogen-bond acceptors (Lipinski definition) is 3. The summed E-state index contributed by atoms with van der Waals surface area (Å²) < 4.78 is 11.5. The predicted octanol–water partition coefficient (Wildman–Crippen LogP) is 2.48. The normalized spacial score (nSPS) is 23.4. The lowest BCUT2D eigenvalue weighted by Crippen LogP contribution is -2.19. The number of ether oxygens (including phenoxy) is 2. The molecule has 0 bridgehead atoms. The molecule has 92 valence electrons.